The lowest BCUT2D eigenvalue weighted by Gasteiger charge is -2.23. The minimum absolute atomic E-state index is 0.417. The van der Waals surface area contributed by atoms with Gasteiger partial charge >= 0.3 is 12.0 Å². The van der Waals surface area contributed by atoms with Crippen molar-refractivity contribution in [3.05, 3.63) is 36.0 Å². The summed E-state index contributed by atoms with van der Waals surface area (Å²) in [5.41, 5.74) is -0.394. The van der Waals surface area contributed by atoms with Crippen LogP contribution in [0.3, 0.4) is 0 Å². The van der Waals surface area contributed by atoms with Crippen molar-refractivity contribution in [2.45, 2.75) is 38.8 Å². The predicted octanol–water partition coefficient (Wildman–Crippen LogP) is 2.28. The molecule has 2 aromatic rings. The Labute approximate surface area is 145 Å². The number of ether oxygens (including phenoxy) is 1. The molecular weight excluding hydrogens is 322 g/mol. The predicted molar refractivity (Wildman–Crippen MR) is 91.7 cm³/mol. The summed E-state index contributed by atoms with van der Waals surface area (Å²) in [5, 5.41) is 3.55. The highest BCUT2D eigenvalue weighted by atomic mass is 16.6. The van der Waals surface area contributed by atoms with E-state index in [-0.39, 0.29) is 0 Å². The highest BCUT2D eigenvalue weighted by Gasteiger charge is 2.50. The Hall–Kier alpha value is -2.83. The first-order chi connectivity index (χ1) is 11.6. The van der Waals surface area contributed by atoms with E-state index in [0.29, 0.717) is 5.56 Å². The van der Waals surface area contributed by atoms with Crippen LogP contribution in [0.2, 0.25) is 0 Å². The third kappa shape index (κ3) is 2.97. The SMILES string of the molecule is CC(C)(C)OC(=O)CN1C(=O)NC(C)(c2c[nH]c3ccccc23)C1=O. The highest BCUT2D eigenvalue weighted by Crippen LogP contribution is 2.33. The topological polar surface area (TPSA) is 91.5 Å². The van der Waals surface area contributed by atoms with Gasteiger partial charge < -0.3 is 15.0 Å². The lowest BCUT2D eigenvalue weighted by molar-refractivity contribution is -0.157. The van der Waals surface area contributed by atoms with Gasteiger partial charge in [0.2, 0.25) is 0 Å². The highest BCUT2D eigenvalue weighted by molar-refractivity contribution is 6.10. The van der Waals surface area contributed by atoms with Gasteiger partial charge in [-0.2, -0.15) is 0 Å². The molecule has 7 nitrogen and oxygen atoms in total. The van der Waals surface area contributed by atoms with Gasteiger partial charge in [-0.1, -0.05) is 18.2 Å². The van der Waals surface area contributed by atoms with Crippen molar-refractivity contribution in [3.8, 4) is 0 Å². The number of carbonyl (C=O) groups is 3. The van der Waals surface area contributed by atoms with E-state index in [1.165, 1.54) is 0 Å². The van der Waals surface area contributed by atoms with Crippen LogP contribution < -0.4 is 5.32 Å². The molecule has 1 aliphatic rings. The monoisotopic (exact) mass is 343 g/mol. The number of benzene rings is 1. The summed E-state index contributed by atoms with van der Waals surface area (Å²) in [6.45, 7) is 6.41. The molecule has 2 heterocycles. The van der Waals surface area contributed by atoms with E-state index in [2.05, 4.69) is 10.3 Å². The van der Waals surface area contributed by atoms with Crippen LogP contribution >= 0.6 is 0 Å². The number of para-hydroxylation sites is 1. The Morgan fingerprint density at radius 3 is 2.60 bits per heavy atom. The summed E-state index contributed by atoms with van der Waals surface area (Å²) in [5.74, 6) is -1.10. The number of aromatic nitrogens is 1. The molecule has 1 atom stereocenters. The molecule has 1 saturated heterocycles. The number of fused-ring (bicyclic) bond motifs is 1. The number of rotatable bonds is 3. The summed E-state index contributed by atoms with van der Waals surface area (Å²) < 4.78 is 5.21. The second-order valence-electron chi connectivity index (χ2n) is 7.28. The summed E-state index contributed by atoms with van der Waals surface area (Å²) in [6.07, 6.45) is 1.71. The van der Waals surface area contributed by atoms with Gasteiger partial charge in [0, 0.05) is 22.7 Å². The van der Waals surface area contributed by atoms with Crippen molar-refractivity contribution in [1.29, 1.82) is 0 Å². The van der Waals surface area contributed by atoms with Gasteiger partial charge in [0.1, 0.15) is 17.7 Å². The first-order valence-electron chi connectivity index (χ1n) is 8.04. The molecule has 0 bridgehead atoms. The Kier molecular flexibility index (Phi) is 3.82. The van der Waals surface area contributed by atoms with Crippen molar-refractivity contribution >= 4 is 28.8 Å². The molecule has 1 unspecified atom stereocenters. The zero-order valence-electron chi connectivity index (χ0n) is 14.7. The normalized spacial score (nSPS) is 20.9. The fourth-order valence-corrected chi connectivity index (χ4v) is 3.01. The lowest BCUT2D eigenvalue weighted by atomic mass is 9.91. The third-order valence-electron chi connectivity index (χ3n) is 4.11. The Bertz CT molecular complexity index is 865. The van der Waals surface area contributed by atoms with Crippen LogP contribution in [0, 0.1) is 0 Å². The number of hydrogen-bond acceptors (Lipinski definition) is 4. The number of nitrogens with one attached hydrogen (secondary N) is 2. The molecule has 132 valence electrons. The zero-order chi connectivity index (χ0) is 18.4. The lowest BCUT2D eigenvalue weighted by Crippen LogP contribution is -2.42. The van der Waals surface area contributed by atoms with Crippen molar-refractivity contribution in [1.82, 2.24) is 15.2 Å². The van der Waals surface area contributed by atoms with Gasteiger partial charge in [-0.15, -0.1) is 0 Å². The molecule has 25 heavy (non-hydrogen) atoms. The maximum atomic E-state index is 12.9. The Balaban J connectivity index is 1.89. The van der Waals surface area contributed by atoms with Crippen LogP contribution in [0.5, 0.6) is 0 Å². The molecular formula is C18H21N3O4. The fraction of sp³-hybridized carbons (Fsp3) is 0.389. The summed E-state index contributed by atoms with van der Waals surface area (Å²) in [7, 11) is 0. The van der Waals surface area contributed by atoms with Gasteiger partial charge in [-0.05, 0) is 33.8 Å². The quantitative estimate of drug-likeness (QED) is 0.661. The molecule has 1 aliphatic heterocycles. The van der Waals surface area contributed by atoms with Crippen LogP contribution in [0.25, 0.3) is 10.9 Å². The Morgan fingerprint density at radius 1 is 1.24 bits per heavy atom. The standard InChI is InChI=1S/C18H21N3O4/c1-17(2,3)25-14(22)10-21-15(23)18(4,20-16(21)24)12-9-19-13-8-6-5-7-11(12)13/h5-9,19H,10H2,1-4H3,(H,20,24). The van der Waals surface area contributed by atoms with E-state index in [1.54, 1.807) is 33.9 Å². The molecule has 1 aromatic carbocycles. The molecule has 2 N–H and O–H groups in total. The molecule has 3 amide bonds. The van der Waals surface area contributed by atoms with Crippen molar-refractivity contribution < 1.29 is 19.1 Å². The van der Waals surface area contributed by atoms with E-state index < -0.39 is 35.6 Å². The largest absolute Gasteiger partial charge is 0.459 e. The molecule has 0 saturated carbocycles. The number of amides is 3. The first-order valence-corrected chi connectivity index (χ1v) is 8.04. The third-order valence-corrected chi connectivity index (χ3v) is 4.11. The van der Waals surface area contributed by atoms with Crippen molar-refractivity contribution in [2.75, 3.05) is 6.54 Å². The number of esters is 1. The van der Waals surface area contributed by atoms with Crippen LogP contribution in [-0.2, 0) is 19.9 Å². The molecule has 0 aliphatic carbocycles. The summed E-state index contributed by atoms with van der Waals surface area (Å²) in [6, 6.07) is 6.91. The molecule has 3 rings (SSSR count). The van der Waals surface area contributed by atoms with Gasteiger partial charge in [0.15, 0.2) is 0 Å². The average molecular weight is 343 g/mol. The number of urea groups is 1. The maximum Gasteiger partial charge on any atom is 0.326 e. The number of carbonyl (C=O) groups excluding carboxylic acids is 3. The van der Waals surface area contributed by atoms with Gasteiger partial charge in [0.05, 0.1) is 0 Å². The van der Waals surface area contributed by atoms with E-state index in [1.807, 2.05) is 24.3 Å². The van der Waals surface area contributed by atoms with Crippen LogP contribution in [0.1, 0.15) is 33.3 Å². The number of aromatic amines is 1. The van der Waals surface area contributed by atoms with E-state index in [0.717, 1.165) is 15.8 Å². The number of hydrogen-bond donors (Lipinski definition) is 2. The minimum Gasteiger partial charge on any atom is -0.459 e. The second kappa shape index (κ2) is 5.61. The molecule has 1 aromatic heterocycles. The first kappa shape index (κ1) is 17.0. The number of nitrogens with zero attached hydrogens (tertiary/aromatic N) is 1. The fourth-order valence-electron chi connectivity index (χ4n) is 3.01. The van der Waals surface area contributed by atoms with Gasteiger partial charge in [-0.3, -0.25) is 14.5 Å². The van der Waals surface area contributed by atoms with Crippen LogP contribution in [-0.4, -0.2) is 39.9 Å². The molecule has 1 fully saturated rings. The Morgan fingerprint density at radius 2 is 1.92 bits per heavy atom. The van der Waals surface area contributed by atoms with Gasteiger partial charge in [-0.25, -0.2) is 4.79 Å². The zero-order valence-corrected chi connectivity index (χ0v) is 14.7. The van der Waals surface area contributed by atoms with E-state index >= 15 is 0 Å². The average Bonchev–Trinajstić information content (AvgIpc) is 3.02. The smallest absolute Gasteiger partial charge is 0.326 e. The van der Waals surface area contributed by atoms with Crippen LogP contribution in [0.4, 0.5) is 4.79 Å². The summed E-state index contributed by atoms with van der Waals surface area (Å²) in [4.78, 5) is 41.2. The number of H-pyrrole nitrogens is 1. The van der Waals surface area contributed by atoms with Crippen molar-refractivity contribution in [2.24, 2.45) is 0 Å². The maximum absolute atomic E-state index is 12.9. The van der Waals surface area contributed by atoms with E-state index in [9.17, 15) is 14.4 Å². The molecule has 7 heteroatoms. The number of imide groups is 1. The molecule has 0 spiro atoms. The molecule has 0 radical (unpaired) electrons. The minimum atomic E-state index is -1.24. The van der Waals surface area contributed by atoms with E-state index in [4.69, 9.17) is 4.74 Å². The van der Waals surface area contributed by atoms with Crippen LogP contribution in [0.15, 0.2) is 30.5 Å². The second-order valence-corrected chi connectivity index (χ2v) is 7.28. The van der Waals surface area contributed by atoms with Crippen molar-refractivity contribution in [3.63, 3.8) is 0 Å². The summed E-state index contributed by atoms with van der Waals surface area (Å²) >= 11 is 0. The van der Waals surface area contributed by atoms with Gasteiger partial charge in [0.25, 0.3) is 5.91 Å².